The fourth-order valence-electron chi connectivity index (χ4n) is 1.81. The Balaban J connectivity index is 2.13. The summed E-state index contributed by atoms with van der Waals surface area (Å²) in [6.45, 7) is 1.99. The van der Waals surface area contributed by atoms with Crippen molar-refractivity contribution in [1.82, 2.24) is 5.32 Å². The highest BCUT2D eigenvalue weighted by molar-refractivity contribution is 5.72. The Bertz CT molecular complexity index is 188. The number of carboxylic acid groups (broad SMARTS) is 1. The number of hydrogen-bond acceptors (Lipinski definition) is 3. The third-order valence-electron chi connectivity index (χ3n) is 2.58. The number of rotatable bonds is 1. The molecule has 0 aliphatic carbocycles. The standard InChI is InChI=1S/C7H11NO3/c9-6(10)5-1-2-11-7(5)3-8-4-7/h5,8H,1-4H2,(H,9,10). The van der Waals surface area contributed by atoms with Crippen LogP contribution in [0.15, 0.2) is 0 Å². The molecule has 2 saturated heterocycles. The van der Waals surface area contributed by atoms with Gasteiger partial charge in [0.2, 0.25) is 0 Å². The van der Waals surface area contributed by atoms with Gasteiger partial charge in [0.1, 0.15) is 5.60 Å². The summed E-state index contributed by atoms with van der Waals surface area (Å²) in [6, 6.07) is 0. The Labute approximate surface area is 64.5 Å². The number of carbonyl (C=O) groups is 1. The molecule has 2 aliphatic rings. The van der Waals surface area contributed by atoms with Gasteiger partial charge in [0, 0.05) is 19.7 Å². The molecule has 2 rings (SSSR count). The van der Waals surface area contributed by atoms with Gasteiger partial charge in [-0.15, -0.1) is 0 Å². The molecule has 1 atom stereocenters. The summed E-state index contributed by atoms with van der Waals surface area (Å²) < 4.78 is 5.41. The molecular formula is C7H11NO3. The maximum Gasteiger partial charge on any atom is 0.309 e. The molecule has 2 aliphatic heterocycles. The summed E-state index contributed by atoms with van der Waals surface area (Å²) in [4.78, 5) is 10.7. The Hall–Kier alpha value is -0.610. The van der Waals surface area contributed by atoms with E-state index in [2.05, 4.69) is 5.32 Å². The van der Waals surface area contributed by atoms with Gasteiger partial charge in [0.05, 0.1) is 5.92 Å². The van der Waals surface area contributed by atoms with Crippen LogP contribution >= 0.6 is 0 Å². The van der Waals surface area contributed by atoms with Gasteiger partial charge in [-0.25, -0.2) is 0 Å². The molecule has 1 unspecified atom stereocenters. The largest absolute Gasteiger partial charge is 0.481 e. The van der Waals surface area contributed by atoms with E-state index in [0.717, 1.165) is 0 Å². The first-order valence-corrected chi connectivity index (χ1v) is 3.82. The van der Waals surface area contributed by atoms with Gasteiger partial charge in [-0.1, -0.05) is 0 Å². The van der Waals surface area contributed by atoms with Crippen LogP contribution in [0.25, 0.3) is 0 Å². The van der Waals surface area contributed by atoms with Gasteiger partial charge < -0.3 is 15.2 Å². The third-order valence-corrected chi connectivity index (χ3v) is 2.58. The van der Waals surface area contributed by atoms with E-state index in [-0.39, 0.29) is 11.5 Å². The van der Waals surface area contributed by atoms with Crippen molar-refractivity contribution in [3.05, 3.63) is 0 Å². The van der Waals surface area contributed by atoms with E-state index >= 15 is 0 Å². The number of hydrogen-bond donors (Lipinski definition) is 2. The van der Waals surface area contributed by atoms with Crippen LogP contribution in [0, 0.1) is 5.92 Å². The summed E-state index contributed by atoms with van der Waals surface area (Å²) in [7, 11) is 0. The molecule has 0 aromatic rings. The molecule has 4 nitrogen and oxygen atoms in total. The van der Waals surface area contributed by atoms with Crippen LogP contribution in [-0.2, 0) is 9.53 Å². The van der Waals surface area contributed by atoms with E-state index in [0.29, 0.717) is 26.1 Å². The average Bonchev–Trinajstić information content (AvgIpc) is 2.27. The van der Waals surface area contributed by atoms with Crippen molar-refractivity contribution in [2.75, 3.05) is 19.7 Å². The van der Waals surface area contributed by atoms with Gasteiger partial charge in [0.15, 0.2) is 0 Å². The molecule has 2 heterocycles. The van der Waals surface area contributed by atoms with Crippen molar-refractivity contribution in [1.29, 1.82) is 0 Å². The van der Waals surface area contributed by atoms with Gasteiger partial charge >= 0.3 is 5.97 Å². The maximum atomic E-state index is 10.7. The molecule has 2 fully saturated rings. The monoisotopic (exact) mass is 157 g/mol. The number of nitrogens with one attached hydrogen (secondary N) is 1. The van der Waals surface area contributed by atoms with E-state index in [9.17, 15) is 4.79 Å². The summed E-state index contributed by atoms with van der Waals surface area (Å²) >= 11 is 0. The van der Waals surface area contributed by atoms with Gasteiger partial charge in [-0.05, 0) is 6.42 Å². The van der Waals surface area contributed by atoms with E-state index in [1.54, 1.807) is 0 Å². The molecule has 0 radical (unpaired) electrons. The Morgan fingerprint density at radius 1 is 1.64 bits per heavy atom. The average molecular weight is 157 g/mol. The first-order chi connectivity index (χ1) is 5.25. The zero-order valence-electron chi connectivity index (χ0n) is 6.17. The van der Waals surface area contributed by atoms with E-state index in [4.69, 9.17) is 9.84 Å². The van der Waals surface area contributed by atoms with E-state index in [1.165, 1.54) is 0 Å². The fraction of sp³-hybridized carbons (Fsp3) is 0.857. The van der Waals surface area contributed by atoms with Gasteiger partial charge in [-0.2, -0.15) is 0 Å². The number of carboxylic acids is 1. The van der Waals surface area contributed by atoms with Crippen LogP contribution in [-0.4, -0.2) is 36.4 Å². The number of aliphatic carboxylic acids is 1. The van der Waals surface area contributed by atoms with Crippen LogP contribution in [0.3, 0.4) is 0 Å². The Morgan fingerprint density at radius 2 is 2.36 bits per heavy atom. The van der Waals surface area contributed by atoms with Gasteiger partial charge in [-0.3, -0.25) is 4.79 Å². The second-order valence-electron chi connectivity index (χ2n) is 3.20. The highest BCUT2D eigenvalue weighted by atomic mass is 16.5. The number of ether oxygens (including phenoxy) is 1. The molecule has 0 bridgehead atoms. The van der Waals surface area contributed by atoms with Crippen molar-refractivity contribution in [2.45, 2.75) is 12.0 Å². The van der Waals surface area contributed by atoms with Crippen molar-refractivity contribution in [3.8, 4) is 0 Å². The second-order valence-corrected chi connectivity index (χ2v) is 3.20. The van der Waals surface area contributed by atoms with Crippen molar-refractivity contribution in [2.24, 2.45) is 5.92 Å². The van der Waals surface area contributed by atoms with Gasteiger partial charge in [0.25, 0.3) is 0 Å². The lowest BCUT2D eigenvalue weighted by atomic mass is 9.82. The highest BCUT2D eigenvalue weighted by Gasteiger charge is 2.52. The first kappa shape index (κ1) is 7.06. The highest BCUT2D eigenvalue weighted by Crippen LogP contribution is 2.35. The predicted molar refractivity (Wildman–Crippen MR) is 37.3 cm³/mol. The van der Waals surface area contributed by atoms with E-state index in [1.807, 2.05) is 0 Å². The minimum absolute atomic E-state index is 0.288. The lowest BCUT2D eigenvalue weighted by Crippen LogP contribution is -2.64. The summed E-state index contributed by atoms with van der Waals surface area (Å²) in [5.74, 6) is -1.01. The van der Waals surface area contributed by atoms with Crippen LogP contribution in [0.5, 0.6) is 0 Å². The maximum absolute atomic E-state index is 10.7. The summed E-state index contributed by atoms with van der Waals surface area (Å²) in [5.41, 5.74) is -0.355. The molecular weight excluding hydrogens is 146 g/mol. The predicted octanol–water partition coefficient (Wildman–Crippen LogP) is -0.550. The summed E-state index contributed by atoms with van der Waals surface area (Å²) in [6.07, 6.45) is 0.664. The first-order valence-electron chi connectivity index (χ1n) is 3.82. The minimum Gasteiger partial charge on any atom is -0.481 e. The topological polar surface area (TPSA) is 58.6 Å². The SMILES string of the molecule is O=C(O)C1CCOC12CNC2. The molecule has 2 N–H and O–H groups in total. The molecule has 11 heavy (non-hydrogen) atoms. The van der Waals surface area contributed by atoms with Crippen molar-refractivity contribution in [3.63, 3.8) is 0 Å². The Kier molecular flexibility index (Phi) is 1.40. The molecule has 0 amide bonds. The summed E-state index contributed by atoms with van der Waals surface area (Å²) in [5, 5.41) is 11.8. The fourth-order valence-corrected chi connectivity index (χ4v) is 1.81. The Morgan fingerprint density at radius 3 is 2.73 bits per heavy atom. The van der Waals surface area contributed by atoms with Crippen LogP contribution in [0.4, 0.5) is 0 Å². The molecule has 0 aromatic carbocycles. The lowest BCUT2D eigenvalue weighted by Gasteiger charge is -2.41. The molecule has 0 saturated carbocycles. The minimum atomic E-state index is -0.719. The smallest absolute Gasteiger partial charge is 0.309 e. The molecule has 4 heteroatoms. The van der Waals surface area contributed by atoms with Crippen LogP contribution in [0.1, 0.15) is 6.42 Å². The zero-order chi connectivity index (χ0) is 7.90. The van der Waals surface area contributed by atoms with Crippen LogP contribution in [0.2, 0.25) is 0 Å². The zero-order valence-corrected chi connectivity index (χ0v) is 6.17. The third kappa shape index (κ3) is 0.862. The lowest BCUT2D eigenvalue weighted by molar-refractivity contribution is -0.151. The van der Waals surface area contributed by atoms with Crippen LogP contribution < -0.4 is 5.32 Å². The van der Waals surface area contributed by atoms with Crippen molar-refractivity contribution >= 4 is 5.97 Å². The van der Waals surface area contributed by atoms with Crippen molar-refractivity contribution < 1.29 is 14.6 Å². The molecule has 62 valence electrons. The molecule has 0 aromatic heterocycles. The second kappa shape index (κ2) is 2.19. The molecule has 1 spiro atoms. The quantitative estimate of drug-likeness (QED) is 0.536. The normalized spacial score (nSPS) is 33.6. The van der Waals surface area contributed by atoms with E-state index < -0.39 is 5.97 Å².